The highest BCUT2D eigenvalue weighted by Crippen LogP contribution is 2.30. The lowest BCUT2D eigenvalue weighted by molar-refractivity contribution is 0.0804. The Balaban J connectivity index is 1.25. The van der Waals surface area contributed by atoms with Crippen LogP contribution in [0.2, 0.25) is 0 Å². The van der Waals surface area contributed by atoms with Crippen LogP contribution in [0.3, 0.4) is 0 Å². The third kappa shape index (κ3) is 4.96. The van der Waals surface area contributed by atoms with Crippen molar-refractivity contribution in [1.29, 1.82) is 0 Å². The van der Waals surface area contributed by atoms with E-state index in [1.807, 2.05) is 17.9 Å². The number of aromatic nitrogens is 2. The van der Waals surface area contributed by atoms with Gasteiger partial charge >= 0.3 is 0 Å². The number of rotatable bonds is 7. The maximum atomic E-state index is 13.0. The number of ether oxygens (including phenoxy) is 2. The monoisotopic (exact) mass is 423 g/mol. The van der Waals surface area contributed by atoms with Gasteiger partial charge in [0, 0.05) is 51.2 Å². The number of unbranched alkanes of at least 4 members (excludes halogenated alkanes) is 1. The zero-order chi connectivity index (χ0) is 21.6. The zero-order valence-electron chi connectivity index (χ0n) is 18.2. The molecule has 8 heteroatoms. The molecule has 0 unspecified atom stereocenters. The second-order valence-electron chi connectivity index (χ2n) is 7.78. The summed E-state index contributed by atoms with van der Waals surface area (Å²) in [5, 5.41) is 0. The first-order valence-electron chi connectivity index (χ1n) is 10.7. The Morgan fingerprint density at radius 1 is 1.06 bits per heavy atom. The summed E-state index contributed by atoms with van der Waals surface area (Å²) in [6, 6.07) is 7.15. The lowest BCUT2D eigenvalue weighted by atomic mass is 10.1. The number of nitrogens with zero attached hydrogens (tertiary/aromatic N) is 5. The molecule has 0 atom stereocenters. The number of carbonyl (C=O) groups is 1. The number of hydrogen-bond donors (Lipinski definition) is 0. The first kappa shape index (κ1) is 21.1. The average molecular weight is 424 g/mol. The number of piperazine rings is 1. The van der Waals surface area contributed by atoms with Crippen molar-refractivity contribution in [1.82, 2.24) is 19.8 Å². The molecule has 1 aromatic heterocycles. The van der Waals surface area contributed by atoms with Gasteiger partial charge in [-0.2, -0.15) is 0 Å². The molecular formula is C23H29N5O3. The minimum atomic E-state index is -0.0274. The van der Waals surface area contributed by atoms with Gasteiger partial charge in [-0.3, -0.25) is 9.69 Å². The molecule has 1 saturated heterocycles. The van der Waals surface area contributed by atoms with E-state index in [-0.39, 0.29) is 5.91 Å². The number of fused-ring (bicyclic) bond motifs is 1. The summed E-state index contributed by atoms with van der Waals surface area (Å²) in [6.07, 6.45) is 7.19. The minimum Gasteiger partial charge on any atom is -0.497 e. The summed E-state index contributed by atoms with van der Waals surface area (Å²) < 4.78 is 11.0. The maximum Gasteiger partial charge on any atom is 0.261 e. The summed E-state index contributed by atoms with van der Waals surface area (Å²) in [5.41, 5.74) is 1.38. The van der Waals surface area contributed by atoms with Crippen LogP contribution in [0.25, 0.3) is 0 Å². The van der Waals surface area contributed by atoms with Gasteiger partial charge in [0.1, 0.15) is 17.8 Å². The highest BCUT2D eigenvalue weighted by molar-refractivity contribution is 5.98. The fraction of sp³-hybridized carbons (Fsp3) is 0.435. The second-order valence-corrected chi connectivity index (χ2v) is 7.78. The Kier molecular flexibility index (Phi) is 6.66. The molecular weight excluding hydrogens is 394 g/mol. The van der Waals surface area contributed by atoms with E-state index >= 15 is 0 Å². The number of anilines is 1. The third-order valence-electron chi connectivity index (χ3n) is 5.76. The molecule has 2 aromatic rings. The Bertz CT molecular complexity index is 926. The van der Waals surface area contributed by atoms with Crippen molar-refractivity contribution in [2.24, 2.45) is 0 Å². The predicted octanol–water partition coefficient (Wildman–Crippen LogP) is 2.78. The van der Waals surface area contributed by atoms with Gasteiger partial charge in [0.25, 0.3) is 5.91 Å². The summed E-state index contributed by atoms with van der Waals surface area (Å²) in [7, 11) is 1.60. The van der Waals surface area contributed by atoms with Crippen molar-refractivity contribution in [3.8, 4) is 11.5 Å². The molecule has 0 radical (unpaired) electrons. The standard InChI is InChI=1S/C23H29N5O3/c1-18-17-31-21-16-19(30-2)6-7-20(21)22(29)28(18)11-4-3-10-26-12-14-27(15-13-26)23-24-8-5-9-25-23/h5-9,16-17H,3-4,10-15H2,1-2H3. The Morgan fingerprint density at radius 3 is 2.55 bits per heavy atom. The largest absolute Gasteiger partial charge is 0.497 e. The molecule has 164 valence electrons. The van der Waals surface area contributed by atoms with Gasteiger partial charge in [0.2, 0.25) is 5.95 Å². The van der Waals surface area contributed by atoms with E-state index < -0.39 is 0 Å². The summed E-state index contributed by atoms with van der Waals surface area (Å²) in [6.45, 7) is 7.49. The molecule has 0 aliphatic carbocycles. The van der Waals surface area contributed by atoms with Crippen molar-refractivity contribution in [2.75, 3.05) is 51.3 Å². The summed E-state index contributed by atoms with van der Waals surface area (Å²) in [4.78, 5) is 28.2. The summed E-state index contributed by atoms with van der Waals surface area (Å²) >= 11 is 0. The number of amides is 1. The van der Waals surface area contributed by atoms with Crippen LogP contribution in [0.5, 0.6) is 11.5 Å². The van der Waals surface area contributed by atoms with Crippen molar-refractivity contribution < 1.29 is 14.3 Å². The van der Waals surface area contributed by atoms with E-state index in [9.17, 15) is 4.79 Å². The van der Waals surface area contributed by atoms with E-state index in [1.165, 1.54) is 0 Å². The molecule has 2 aliphatic heterocycles. The third-order valence-corrected chi connectivity index (χ3v) is 5.76. The average Bonchev–Trinajstić information content (AvgIpc) is 2.93. The van der Waals surface area contributed by atoms with Gasteiger partial charge in [-0.15, -0.1) is 0 Å². The zero-order valence-corrected chi connectivity index (χ0v) is 18.2. The van der Waals surface area contributed by atoms with Gasteiger partial charge in [0.15, 0.2) is 0 Å². The van der Waals surface area contributed by atoms with Crippen LogP contribution in [0.15, 0.2) is 48.6 Å². The first-order valence-corrected chi connectivity index (χ1v) is 10.7. The Labute approximate surface area is 183 Å². The lowest BCUT2D eigenvalue weighted by Gasteiger charge is -2.34. The number of benzene rings is 1. The van der Waals surface area contributed by atoms with E-state index in [0.717, 1.165) is 57.2 Å². The molecule has 4 rings (SSSR count). The number of carbonyl (C=O) groups excluding carboxylic acids is 1. The number of hydrogen-bond acceptors (Lipinski definition) is 7. The van der Waals surface area contributed by atoms with E-state index in [0.29, 0.717) is 23.6 Å². The van der Waals surface area contributed by atoms with Gasteiger partial charge in [0.05, 0.1) is 18.4 Å². The number of allylic oxidation sites excluding steroid dienone is 1. The van der Waals surface area contributed by atoms with Crippen LogP contribution in [0.1, 0.15) is 30.1 Å². The Hall–Kier alpha value is -3.13. The van der Waals surface area contributed by atoms with Crippen molar-refractivity contribution in [2.45, 2.75) is 19.8 Å². The molecule has 0 N–H and O–H groups in total. The smallest absolute Gasteiger partial charge is 0.261 e. The molecule has 1 amide bonds. The lowest BCUT2D eigenvalue weighted by Crippen LogP contribution is -2.47. The number of methoxy groups -OCH3 is 1. The minimum absolute atomic E-state index is 0.0274. The van der Waals surface area contributed by atoms with E-state index in [1.54, 1.807) is 44.0 Å². The highest BCUT2D eigenvalue weighted by Gasteiger charge is 2.25. The van der Waals surface area contributed by atoms with Crippen molar-refractivity contribution >= 4 is 11.9 Å². The van der Waals surface area contributed by atoms with Crippen molar-refractivity contribution in [3.63, 3.8) is 0 Å². The molecule has 31 heavy (non-hydrogen) atoms. The fourth-order valence-electron chi connectivity index (χ4n) is 3.93. The van der Waals surface area contributed by atoms with E-state index in [2.05, 4.69) is 19.8 Å². The van der Waals surface area contributed by atoms with Crippen LogP contribution in [-0.2, 0) is 0 Å². The quantitative estimate of drug-likeness (QED) is 0.634. The fourth-order valence-corrected chi connectivity index (χ4v) is 3.93. The van der Waals surface area contributed by atoms with Crippen LogP contribution in [0, 0.1) is 0 Å². The molecule has 3 heterocycles. The topological polar surface area (TPSA) is 71.0 Å². The van der Waals surface area contributed by atoms with Crippen molar-refractivity contribution in [3.05, 3.63) is 54.2 Å². The van der Waals surface area contributed by atoms with Gasteiger partial charge in [-0.05, 0) is 44.5 Å². The maximum absolute atomic E-state index is 13.0. The molecule has 1 aromatic carbocycles. The highest BCUT2D eigenvalue weighted by atomic mass is 16.5. The normalized spacial score (nSPS) is 17.0. The van der Waals surface area contributed by atoms with Crippen LogP contribution < -0.4 is 14.4 Å². The molecule has 0 spiro atoms. The van der Waals surface area contributed by atoms with Gasteiger partial charge < -0.3 is 19.3 Å². The van der Waals surface area contributed by atoms with Gasteiger partial charge in [-0.1, -0.05) is 0 Å². The molecule has 2 aliphatic rings. The first-order chi connectivity index (χ1) is 15.2. The van der Waals surface area contributed by atoms with Gasteiger partial charge in [-0.25, -0.2) is 9.97 Å². The SMILES string of the molecule is COc1ccc2c(c1)OC=C(C)N(CCCCN1CCN(c3ncccn3)CC1)C2=O. The van der Waals surface area contributed by atoms with Crippen LogP contribution in [0.4, 0.5) is 5.95 Å². The van der Waals surface area contributed by atoms with Crippen LogP contribution in [-0.4, -0.2) is 72.1 Å². The molecule has 1 fully saturated rings. The second kappa shape index (κ2) is 9.78. The summed E-state index contributed by atoms with van der Waals surface area (Å²) in [5.74, 6) is 1.99. The molecule has 0 saturated carbocycles. The molecule has 8 nitrogen and oxygen atoms in total. The molecule has 0 bridgehead atoms. The van der Waals surface area contributed by atoms with E-state index in [4.69, 9.17) is 9.47 Å². The Morgan fingerprint density at radius 2 is 1.81 bits per heavy atom. The predicted molar refractivity (Wildman–Crippen MR) is 118 cm³/mol. The van der Waals surface area contributed by atoms with Crippen LogP contribution >= 0.6 is 0 Å².